The zero-order valence-electron chi connectivity index (χ0n) is 24.4. The molecule has 0 heterocycles. The Morgan fingerprint density at radius 1 is 0.816 bits per heavy atom. The second kappa shape index (κ2) is 23.2. The molecule has 0 rings (SSSR count). The van der Waals surface area contributed by atoms with Crippen molar-refractivity contribution in [2.24, 2.45) is 0 Å². The van der Waals surface area contributed by atoms with E-state index < -0.39 is 46.7 Å². The van der Waals surface area contributed by atoms with Crippen molar-refractivity contribution in [3.63, 3.8) is 0 Å². The Morgan fingerprint density at radius 3 is 1.74 bits per heavy atom. The largest absolute Gasteiger partial charge is 0.603 e. The molecule has 0 aromatic rings. The van der Waals surface area contributed by atoms with Crippen molar-refractivity contribution in [2.75, 3.05) is 12.4 Å². The lowest BCUT2D eigenvalue weighted by molar-refractivity contribution is -0.170. The van der Waals surface area contributed by atoms with Crippen LogP contribution in [-0.4, -0.2) is 59.7 Å². The first-order valence-electron chi connectivity index (χ1n) is 14.9. The number of carbonyl (C=O) groups is 1. The van der Waals surface area contributed by atoms with Gasteiger partial charge in [0.1, 0.15) is 0 Å². The van der Waals surface area contributed by atoms with Crippen LogP contribution in [0.4, 0.5) is 0 Å². The van der Waals surface area contributed by atoms with Crippen LogP contribution in [0, 0.1) is 0 Å². The van der Waals surface area contributed by atoms with Crippen LogP contribution in [0.5, 0.6) is 0 Å². The minimum Gasteiger partial charge on any atom is -0.603 e. The van der Waals surface area contributed by atoms with Crippen LogP contribution in [-0.2, 0) is 24.1 Å². The van der Waals surface area contributed by atoms with E-state index >= 15 is 0 Å². The van der Waals surface area contributed by atoms with E-state index in [1.54, 1.807) is 6.92 Å². The normalized spacial score (nSPS) is 15.2. The molecule has 0 radical (unpaired) electrons. The van der Waals surface area contributed by atoms with Crippen molar-refractivity contribution in [1.29, 1.82) is 0 Å². The van der Waals surface area contributed by atoms with Crippen molar-refractivity contribution in [1.82, 2.24) is 0 Å². The Hall–Kier alpha value is -0.570. The summed E-state index contributed by atoms with van der Waals surface area (Å²) in [6, 6.07) is 0. The highest BCUT2D eigenvalue weighted by Gasteiger charge is 2.38. The van der Waals surface area contributed by atoms with E-state index in [4.69, 9.17) is 9.47 Å². The van der Waals surface area contributed by atoms with Gasteiger partial charge in [0.2, 0.25) is 14.3 Å². The summed E-state index contributed by atoms with van der Waals surface area (Å²) in [5.41, 5.74) is 0. The summed E-state index contributed by atoms with van der Waals surface area (Å²) in [5, 5.41) is 7.83. The predicted octanol–water partition coefficient (Wildman–Crippen LogP) is 6.13. The lowest BCUT2D eigenvalue weighted by Gasteiger charge is -2.28. The molecule has 0 bridgehead atoms. The number of hydrogen-bond acceptors (Lipinski definition) is 7. The van der Waals surface area contributed by atoms with Gasteiger partial charge in [0, 0.05) is 6.61 Å². The number of carboxylic acids is 1. The molecule has 0 amide bonds. The zero-order chi connectivity index (χ0) is 28.8. The smallest absolute Gasteiger partial charge is 0.382 e. The molecule has 4 unspecified atom stereocenters. The molecule has 0 saturated heterocycles. The summed E-state index contributed by atoms with van der Waals surface area (Å²) >= 11 is 0. The molecule has 0 fully saturated rings. The van der Waals surface area contributed by atoms with E-state index in [9.17, 15) is 28.1 Å². The summed E-state index contributed by atoms with van der Waals surface area (Å²) in [6.45, 7) is 7.87. The molecule has 0 aromatic carbocycles. The van der Waals surface area contributed by atoms with E-state index in [2.05, 4.69) is 13.8 Å². The molecule has 0 saturated carbocycles. The molecule has 0 aliphatic heterocycles. The first kappa shape index (κ1) is 37.4. The summed E-state index contributed by atoms with van der Waals surface area (Å²) in [5.74, 6) is -1.53. The Bertz CT molecular complexity index is 737. The average Bonchev–Trinajstić information content (AvgIpc) is 2.85. The van der Waals surface area contributed by atoms with Crippen LogP contribution >= 0.6 is 8.00 Å². The van der Waals surface area contributed by atoms with Crippen molar-refractivity contribution in [2.45, 2.75) is 154 Å². The SMILES string of the molecule is CCCCCCCCCCCS(=O)(=O)C(CCCCCCCC)C(C)OC(OCCC)C(C(=O)O)=[P+]([O-])O. The van der Waals surface area contributed by atoms with Crippen molar-refractivity contribution < 1.29 is 37.6 Å². The Kier molecular flexibility index (Phi) is 22.8. The highest BCUT2D eigenvalue weighted by Crippen LogP contribution is 2.24. The average molecular weight is 583 g/mol. The Morgan fingerprint density at radius 2 is 1.29 bits per heavy atom. The first-order valence-corrected chi connectivity index (χ1v) is 17.8. The maximum atomic E-state index is 13.4. The monoisotopic (exact) mass is 582 g/mol. The minimum atomic E-state index is -3.53. The molecular weight excluding hydrogens is 527 g/mol. The van der Waals surface area contributed by atoms with E-state index in [-0.39, 0.29) is 12.4 Å². The number of sulfone groups is 1. The van der Waals surface area contributed by atoms with Crippen LogP contribution in [0.15, 0.2) is 0 Å². The van der Waals surface area contributed by atoms with Crippen molar-refractivity contribution in [3.05, 3.63) is 0 Å². The fourth-order valence-electron chi connectivity index (χ4n) is 4.56. The maximum Gasteiger partial charge on any atom is 0.382 e. The quantitative estimate of drug-likeness (QED) is 0.0707. The molecule has 226 valence electrons. The van der Waals surface area contributed by atoms with E-state index in [0.717, 1.165) is 57.8 Å². The van der Waals surface area contributed by atoms with Crippen molar-refractivity contribution >= 4 is 29.1 Å². The van der Waals surface area contributed by atoms with Crippen LogP contribution in [0.1, 0.15) is 137 Å². The van der Waals surface area contributed by atoms with Gasteiger partial charge < -0.3 is 19.5 Å². The Labute approximate surface area is 233 Å². The molecule has 4 atom stereocenters. The van der Waals surface area contributed by atoms with Gasteiger partial charge in [0.05, 0.1) is 17.1 Å². The number of ether oxygens (including phenoxy) is 2. The van der Waals surface area contributed by atoms with E-state index in [1.165, 1.54) is 32.1 Å². The topological polar surface area (TPSA) is 133 Å². The van der Waals surface area contributed by atoms with Gasteiger partial charge in [-0.1, -0.05) is 111 Å². The second-order valence-corrected chi connectivity index (χ2v) is 13.7. The van der Waals surface area contributed by atoms with Gasteiger partial charge in [-0.3, -0.25) is 0 Å². The number of carboxylic acid groups (broad SMARTS) is 1. The van der Waals surface area contributed by atoms with Gasteiger partial charge in [0.15, 0.2) is 9.84 Å². The molecule has 0 spiro atoms. The molecule has 0 aliphatic carbocycles. The van der Waals surface area contributed by atoms with Crippen molar-refractivity contribution in [3.8, 4) is 0 Å². The van der Waals surface area contributed by atoms with Gasteiger partial charge in [-0.15, -0.1) is 0 Å². The second-order valence-electron chi connectivity index (χ2n) is 10.3. The Balaban J connectivity index is 5.29. The molecule has 0 aliphatic rings. The number of hydrogen-bond donors (Lipinski definition) is 2. The van der Waals surface area contributed by atoms with Gasteiger partial charge in [-0.05, 0) is 26.2 Å². The van der Waals surface area contributed by atoms with Gasteiger partial charge >= 0.3 is 5.97 Å². The third kappa shape index (κ3) is 17.2. The predicted molar refractivity (Wildman–Crippen MR) is 155 cm³/mol. The summed E-state index contributed by atoms with van der Waals surface area (Å²) in [7, 11) is -6.74. The van der Waals surface area contributed by atoms with E-state index in [0.29, 0.717) is 19.3 Å². The molecule has 38 heavy (non-hydrogen) atoms. The lowest BCUT2D eigenvalue weighted by Crippen LogP contribution is -2.43. The third-order valence-electron chi connectivity index (χ3n) is 6.82. The fraction of sp³-hybridized carbons (Fsp3) is 0.929. The van der Waals surface area contributed by atoms with Gasteiger partial charge in [-0.25, -0.2) is 13.2 Å². The standard InChI is InChI=1S/C28H55O8PS/c1-5-8-10-12-14-15-16-18-20-23-38(33,34)25(21-19-17-13-11-9-6-2)24(4)36-28(35-22-7-3)26(27(29)30)37(31)32/h24-25,28H,5-23H2,1-4H3,(H,29,30)(H,31,32). The first-order chi connectivity index (χ1) is 18.1. The molecule has 8 nitrogen and oxygen atoms in total. The number of unbranched alkanes of at least 4 members (excludes halogenated alkanes) is 13. The van der Waals surface area contributed by atoms with Gasteiger partial charge in [0.25, 0.3) is 5.29 Å². The summed E-state index contributed by atoms with van der Waals surface area (Å²) < 4.78 is 38.1. The lowest BCUT2D eigenvalue weighted by atomic mass is 10.1. The molecule has 0 aromatic heterocycles. The van der Waals surface area contributed by atoms with Crippen LogP contribution in [0.2, 0.25) is 0 Å². The van der Waals surface area contributed by atoms with Crippen LogP contribution in [0.3, 0.4) is 0 Å². The summed E-state index contributed by atoms with van der Waals surface area (Å²) in [6.07, 6.45) is 14.3. The number of rotatable bonds is 26. The van der Waals surface area contributed by atoms with Crippen LogP contribution < -0.4 is 4.89 Å². The van der Waals surface area contributed by atoms with Crippen LogP contribution in [0.25, 0.3) is 0 Å². The zero-order valence-corrected chi connectivity index (χ0v) is 26.1. The van der Waals surface area contributed by atoms with Gasteiger partial charge in [-0.2, -0.15) is 4.89 Å². The summed E-state index contributed by atoms with van der Waals surface area (Å²) in [4.78, 5) is 32.9. The fourth-order valence-corrected chi connectivity index (χ4v) is 7.12. The molecule has 2 N–H and O–H groups in total. The minimum absolute atomic E-state index is 0.0568. The molecular formula is C28H55O8PS. The highest BCUT2D eigenvalue weighted by molar-refractivity contribution is 7.92. The van der Waals surface area contributed by atoms with E-state index in [1.807, 2.05) is 6.92 Å². The molecule has 10 heteroatoms. The maximum absolute atomic E-state index is 13.4. The number of aliphatic carboxylic acids is 1. The highest BCUT2D eigenvalue weighted by atomic mass is 32.2. The third-order valence-corrected chi connectivity index (χ3v) is 10.0.